The molecule has 0 bridgehead atoms. The largest absolute Gasteiger partial charge is 0.506 e. The van der Waals surface area contributed by atoms with Gasteiger partial charge >= 0.3 is 0 Å². The van der Waals surface area contributed by atoms with Crippen LogP contribution in [0, 0.1) is 6.92 Å². The number of halogens is 1. The molecule has 3 N–H and O–H groups in total. The third-order valence-electron chi connectivity index (χ3n) is 3.18. The molecule has 0 fully saturated rings. The van der Waals surface area contributed by atoms with Gasteiger partial charge < -0.3 is 10.8 Å². The highest BCUT2D eigenvalue weighted by Gasteiger charge is 2.15. The van der Waals surface area contributed by atoms with Crippen LogP contribution in [-0.2, 0) is 0 Å². The number of rotatable bonds is 2. The van der Waals surface area contributed by atoms with E-state index >= 15 is 0 Å². The van der Waals surface area contributed by atoms with Gasteiger partial charge in [-0.15, -0.1) is 5.10 Å². The molecule has 0 atom stereocenters. The zero-order valence-electron chi connectivity index (χ0n) is 11.3. The van der Waals surface area contributed by atoms with Crippen molar-refractivity contribution in [3.8, 4) is 22.7 Å². The van der Waals surface area contributed by atoms with Crippen LogP contribution in [0.15, 0.2) is 42.5 Å². The molecule has 1 aromatic heterocycles. The fourth-order valence-corrected chi connectivity index (χ4v) is 2.22. The minimum absolute atomic E-state index is 0.106. The molecule has 0 saturated heterocycles. The zero-order valence-corrected chi connectivity index (χ0v) is 12.0. The maximum atomic E-state index is 10.0. The number of aromatic hydroxyl groups is 1. The minimum atomic E-state index is 0.106. The monoisotopic (exact) mass is 300 g/mol. The summed E-state index contributed by atoms with van der Waals surface area (Å²) in [6, 6.07) is 12.4. The van der Waals surface area contributed by atoms with E-state index in [2.05, 4.69) is 10.3 Å². The Balaban J connectivity index is 2.09. The SMILES string of the molecule is Cc1ccc(-n2nnc(-c3ccc(Cl)cc3)c2N)c(O)c1. The Labute approximate surface area is 126 Å². The molecular formula is C15H13ClN4O. The highest BCUT2D eigenvalue weighted by molar-refractivity contribution is 6.30. The predicted molar refractivity (Wildman–Crippen MR) is 82.6 cm³/mol. The molecule has 0 aliphatic carbocycles. The number of aryl methyl sites for hydroxylation is 1. The first-order valence-corrected chi connectivity index (χ1v) is 6.71. The van der Waals surface area contributed by atoms with Gasteiger partial charge in [-0.1, -0.05) is 35.0 Å². The number of aromatic nitrogens is 3. The summed E-state index contributed by atoms with van der Waals surface area (Å²) in [6.07, 6.45) is 0. The van der Waals surface area contributed by atoms with Gasteiger partial charge in [0.15, 0.2) is 5.82 Å². The molecule has 0 saturated carbocycles. The first-order chi connectivity index (χ1) is 10.1. The number of nitrogens with two attached hydrogens (primary N) is 1. The third-order valence-corrected chi connectivity index (χ3v) is 3.43. The Morgan fingerprint density at radius 2 is 1.86 bits per heavy atom. The standard InChI is InChI=1S/C15H13ClN4O/c1-9-2-7-12(13(21)8-9)20-15(17)14(18-19-20)10-3-5-11(16)6-4-10/h2-8,21H,17H2,1H3. The van der Waals surface area contributed by atoms with Gasteiger partial charge in [0.2, 0.25) is 0 Å². The van der Waals surface area contributed by atoms with Gasteiger partial charge in [-0.25, -0.2) is 0 Å². The van der Waals surface area contributed by atoms with E-state index in [-0.39, 0.29) is 5.75 Å². The molecule has 0 aliphatic rings. The second-order valence-corrected chi connectivity index (χ2v) is 5.17. The van der Waals surface area contributed by atoms with E-state index in [1.54, 1.807) is 24.3 Å². The molecule has 0 aliphatic heterocycles. The second-order valence-electron chi connectivity index (χ2n) is 4.73. The van der Waals surface area contributed by atoms with Crippen molar-refractivity contribution in [3.63, 3.8) is 0 Å². The van der Waals surface area contributed by atoms with Crippen molar-refractivity contribution in [1.29, 1.82) is 0 Å². The summed E-state index contributed by atoms with van der Waals surface area (Å²) in [6.45, 7) is 1.90. The summed E-state index contributed by atoms with van der Waals surface area (Å²) in [5, 5.41) is 18.8. The van der Waals surface area contributed by atoms with Crippen LogP contribution in [-0.4, -0.2) is 20.1 Å². The lowest BCUT2D eigenvalue weighted by atomic mass is 10.1. The number of nitrogens with zero attached hydrogens (tertiary/aromatic N) is 3. The summed E-state index contributed by atoms with van der Waals surface area (Å²) in [4.78, 5) is 0. The van der Waals surface area contributed by atoms with Crippen LogP contribution in [0.5, 0.6) is 5.75 Å². The van der Waals surface area contributed by atoms with E-state index < -0.39 is 0 Å². The van der Waals surface area contributed by atoms with Gasteiger partial charge in [-0.3, -0.25) is 0 Å². The van der Waals surface area contributed by atoms with Crippen molar-refractivity contribution in [2.75, 3.05) is 5.73 Å². The van der Waals surface area contributed by atoms with Crippen molar-refractivity contribution < 1.29 is 5.11 Å². The van der Waals surface area contributed by atoms with E-state index in [0.29, 0.717) is 22.2 Å². The maximum absolute atomic E-state index is 10.0. The molecule has 0 unspecified atom stereocenters. The summed E-state index contributed by atoms with van der Waals surface area (Å²) < 4.78 is 1.42. The summed E-state index contributed by atoms with van der Waals surface area (Å²) >= 11 is 5.87. The molecule has 3 aromatic rings. The average molecular weight is 301 g/mol. The van der Waals surface area contributed by atoms with E-state index in [4.69, 9.17) is 17.3 Å². The Bertz CT molecular complexity index is 796. The molecule has 106 valence electrons. The summed E-state index contributed by atoms with van der Waals surface area (Å²) in [5.74, 6) is 0.464. The first-order valence-electron chi connectivity index (χ1n) is 6.33. The smallest absolute Gasteiger partial charge is 0.156 e. The Hall–Kier alpha value is -2.53. The fourth-order valence-electron chi connectivity index (χ4n) is 2.09. The topological polar surface area (TPSA) is 77.0 Å². The minimum Gasteiger partial charge on any atom is -0.506 e. The number of nitrogen functional groups attached to an aromatic ring is 1. The quantitative estimate of drug-likeness (QED) is 0.762. The van der Waals surface area contributed by atoms with Crippen LogP contribution >= 0.6 is 11.6 Å². The second kappa shape index (κ2) is 5.10. The Morgan fingerprint density at radius 1 is 1.14 bits per heavy atom. The van der Waals surface area contributed by atoms with Gasteiger partial charge in [0.1, 0.15) is 17.1 Å². The lowest BCUT2D eigenvalue weighted by Crippen LogP contribution is -2.02. The van der Waals surface area contributed by atoms with Crippen LogP contribution in [0.4, 0.5) is 5.82 Å². The lowest BCUT2D eigenvalue weighted by molar-refractivity contribution is 0.469. The number of anilines is 1. The fraction of sp³-hybridized carbons (Fsp3) is 0.0667. The number of hydrogen-bond donors (Lipinski definition) is 2. The van der Waals surface area contributed by atoms with Crippen molar-refractivity contribution in [3.05, 3.63) is 53.1 Å². The zero-order chi connectivity index (χ0) is 15.0. The highest BCUT2D eigenvalue weighted by Crippen LogP contribution is 2.29. The van der Waals surface area contributed by atoms with Crippen molar-refractivity contribution in [2.45, 2.75) is 6.92 Å². The lowest BCUT2D eigenvalue weighted by Gasteiger charge is -2.06. The first kappa shape index (κ1) is 13.5. The number of phenols is 1. The predicted octanol–water partition coefficient (Wildman–Crippen LogP) is 3.18. The van der Waals surface area contributed by atoms with E-state index in [1.807, 2.05) is 25.1 Å². The number of hydrogen-bond acceptors (Lipinski definition) is 4. The van der Waals surface area contributed by atoms with Crippen molar-refractivity contribution in [1.82, 2.24) is 15.0 Å². The van der Waals surface area contributed by atoms with Crippen LogP contribution < -0.4 is 5.73 Å². The molecule has 5 nitrogen and oxygen atoms in total. The van der Waals surface area contributed by atoms with E-state index in [0.717, 1.165) is 11.1 Å². The van der Waals surface area contributed by atoms with Gasteiger partial charge in [0.05, 0.1) is 0 Å². The number of benzene rings is 2. The highest BCUT2D eigenvalue weighted by atomic mass is 35.5. The van der Waals surface area contributed by atoms with E-state index in [9.17, 15) is 5.11 Å². The Kier molecular flexibility index (Phi) is 3.27. The van der Waals surface area contributed by atoms with Gasteiger partial charge in [0, 0.05) is 10.6 Å². The Morgan fingerprint density at radius 3 is 2.52 bits per heavy atom. The van der Waals surface area contributed by atoms with Crippen molar-refractivity contribution >= 4 is 17.4 Å². The van der Waals surface area contributed by atoms with E-state index in [1.165, 1.54) is 4.68 Å². The van der Waals surface area contributed by atoms with Crippen LogP contribution in [0.25, 0.3) is 16.9 Å². The summed E-state index contributed by atoms with van der Waals surface area (Å²) in [5.41, 5.74) is 8.91. The normalized spacial score (nSPS) is 10.8. The molecule has 2 aromatic carbocycles. The average Bonchev–Trinajstić information content (AvgIpc) is 2.82. The molecule has 3 rings (SSSR count). The maximum Gasteiger partial charge on any atom is 0.156 e. The molecule has 6 heteroatoms. The molecular weight excluding hydrogens is 288 g/mol. The van der Waals surface area contributed by atoms with Crippen LogP contribution in [0.1, 0.15) is 5.56 Å². The molecule has 1 heterocycles. The summed E-state index contributed by atoms with van der Waals surface area (Å²) in [7, 11) is 0. The molecule has 21 heavy (non-hydrogen) atoms. The van der Waals surface area contributed by atoms with Gasteiger partial charge in [-0.05, 0) is 36.8 Å². The molecule has 0 amide bonds. The third kappa shape index (κ3) is 2.43. The van der Waals surface area contributed by atoms with Crippen LogP contribution in [0.2, 0.25) is 5.02 Å². The number of phenolic OH excluding ortho intramolecular Hbond substituents is 1. The van der Waals surface area contributed by atoms with Crippen molar-refractivity contribution in [2.24, 2.45) is 0 Å². The molecule has 0 radical (unpaired) electrons. The van der Waals surface area contributed by atoms with Crippen LogP contribution in [0.3, 0.4) is 0 Å². The van der Waals surface area contributed by atoms with Gasteiger partial charge in [0.25, 0.3) is 0 Å². The van der Waals surface area contributed by atoms with Gasteiger partial charge in [-0.2, -0.15) is 4.68 Å². The molecule has 0 spiro atoms.